The number of halogens is 3. The van der Waals surface area contributed by atoms with E-state index in [2.05, 4.69) is 9.72 Å². The first-order valence-electron chi connectivity index (χ1n) is 3.87. The second kappa shape index (κ2) is 4.32. The summed E-state index contributed by atoms with van der Waals surface area (Å²) < 4.78 is 40.4. The minimum Gasteiger partial charge on any atom is -0.370 e. The van der Waals surface area contributed by atoms with E-state index in [0.29, 0.717) is 0 Å². The van der Waals surface area contributed by atoms with Gasteiger partial charge in [0.2, 0.25) is 0 Å². The monoisotopic (exact) mass is 210 g/mol. The molecule has 0 unspecified atom stereocenters. The molecule has 14 heavy (non-hydrogen) atoms. The van der Waals surface area contributed by atoms with Gasteiger partial charge in [-0.2, -0.15) is 13.2 Å². The molecule has 0 saturated heterocycles. The lowest BCUT2D eigenvalue weighted by molar-refractivity contribution is -0.174. The highest BCUT2D eigenvalue weighted by Crippen LogP contribution is 2.14. The summed E-state index contributed by atoms with van der Waals surface area (Å²) in [7, 11) is 0. The predicted octanol–water partition coefficient (Wildman–Crippen LogP) is 0.755. The molecule has 1 aromatic rings. The Morgan fingerprint density at radius 2 is 2.21 bits per heavy atom. The van der Waals surface area contributed by atoms with Gasteiger partial charge in [0.1, 0.15) is 6.61 Å². The van der Waals surface area contributed by atoms with E-state index in [0.717, 1.165) is 0 Å². The van der Waals surface area contributed by atoms with Crippen molar-refractivity contribution in [2.24, 2.45) is 0 Å². The highest BCUT2D eigenvalue weighted by Gasteiger charge is 2.27. The molecular weight excluding hydrogens is 201 g/mol. The number of imidazole rings is 1. The number of H-pyrrole nitrogens is 1. The van der Waals surface area contributed by atoms with Crippen LogP contribution in [0, 0.1) is 0 Å². The van der Waals surface area contributed by atoms with Gasteiger partial charge in [0.15, 0.2) is 0 Å². The van der Waals surface area contributed by atoms with Crippen LogP contribution in [0.1, 0.15) is 0 Å². The van der Waals surface area contributed by atoms with Crippen LogP contribution in [0.25, 0.3) is 0 Å². The lowest BCUT2D eigenvalue weighted by Crippen LogP contribution is -2.22. The quantitative estimate of drug-likeness (QED) is 0.745. The van der Waals surface area contributed by atoms with Crippen LogP contribution in [-0.4, -0.2) is 28.9 Å². The van der Waals surface area contributed by atoms with Crippen LogP contribution in [0.15, 0.2) is 17.2 Å². The van der Waals surface area contributed by atoms with Gasteiger partial charge in [0.05, 0.1) is 13.2 Å². The van der Waals surface area contributed by atoms with E-state index in [1.165, 1.54) is 17.0 Å². The number of aromatic amines is 1. The Bertz CT molecular complexity index is 328. The maximum absolute atomic E-state index is 11.6. The predicted molar refractivity (Wildman–Crippen MR) is 41.9 cm³/mol. The van der Waals surface area contributed by atoms with Gasteiger partial charge in [-0.1, -0.05) is 0 Å². The molecule has 0 fully saturated rings. The normalized spacial score (nSPS) is 11.9. The molecule has 1 N–H and O–H groups in total. The van der Waals surface area contributed by atoms with Crippen molar-refractivity contribution in [3.8, 4) is 0 Å². The van der Waals surface area contributed by atoms with E-state index >= 15 is 0 Å². The molecule has 7 heteroatoms. The zero-order valence-electron chi connectivity index (χ0n) is 7.17. The van der Waals surface area contributed by atoms with E-state index in [-0.39, 0.29) is 18.8 Å². The number of nitrogens with zero attached hydrogens (tertiary/aromatic N) is 1. The molecule has 4 nitrogen and oxygen atoms in total. The molecular formula is C7H9F3N2O2. The molecule has 0 aliphatic carbocycles. The summed E-state index contributed by atoms with van der Waals surface area (Å²) in [4.78, 5) is 13.2. The van der Waals surface area contributed by atoms with Gasteiger partial charge in [0, 0.05) is 12.4 Å². The van der Waals surface area contributed by atoms with Crippen molar-refractivity contribution in [2.75, 3.05) is 13.2 Å². The molecule has 1 rings (SSSR count). The van der Waals surface area contributed by atoms with Crippen molar-refractivity contribution in [1.82, 2.24) is 9.55 Å². The van der Waals surface area contributed by atoms with Crippen LogP contribution in [0.5, 0.6) is 0 Å². The van der Waals surface area contributed by atoms with Gasteiger partial charge in [-0.15, -0.1) is 0 Å². The number of hydrogen-bond donors (Lipinski definition) is 1. The summed E-state index contributed by atoms with van der Waals surface area (Å²) in [5.74, 6) is 0. The van der Waals surface area contributed by atoms with Crippen LogP contribution < -0.4 is 5.69 Å². The SMILES string of the molecule is O=c1[nH]ccn1CCOCC(F)(F)F. The van der Waals surface area contributed by atoms with Gasteiger partial charge in [-0.3, -0.25) is 4.57 Å². The first-order valence-corrected chi connectivity index (χ1v) is 3.87. The van der Waals surface area contributed by atoms with Crippen LogP contribution in [0.2, 0.25) is 0 Å². The highest BCUT2D eigenvalue weighted by molar-refractivity contribution is 4.75. The fourth-order valence-electron chi connectivity index (χ4n) is 0.876. The summed E-state index contributed by atoms with van der Waals surface area (Å²) in [5.41, 5.74) is -0.361. The van der Waals surface area contributed by atoms with Crippen molar-refractivity contribution in [3.05, 3.63) is 22.9 Å². The Balaban J connectivity index is 2.23. The Morgan fingerprint density at radius 3 is 2.71 bits per heavy atom. The molecule has 1 aromatic heterocycles. The van der Waals surface area contributed by atoms with Crippen molar-refractivity contribution in [1.29, 1.82) is 0 Å². The number of rotatable bonds is 4. The number of ether oxygens (including phenoxy) is 1. The fraction of sp³-hybridized carbons (Fsp3) is 0.571. The number of alkyl halides is 3. The number of nitrogens with one attached hydrogen (secondary N) is 1. The van der Waals surface area contributed by atoms with Crippen LogP contribution in [0.3, 0.4) is 0 Å². The van der Waals surface area contributed by atoms with E-state index in [4.69, 9.17) is 0 Å². The van der Waals surface area contributed by atoms with Gasteiger partial charge >= 0.3 is 11.9 Å². The molecule has 0 radical (unpaired) electrons. The van der Waals surface area contributed by atoms with E-state index in [1.54, 1.807) is 0 Å². The van der Waals surface area contributed by atoms with Crippen molar-refractivity contribution in [2.45, 2.75) is 12.7 Å². The Kier molecular flexibility index (Phi) is 3.34. The van der Waals surface area contributed by atoms with Gasteiger partial charge in [-0.25, -0.2) is 4.79 Å². The zero-order valence-corrected chi connectivity index (χ0v) is 7.17. The molecule has 0 bridgehead atoms. The smallest absolute Gasteiger partial charge is 0.370 e. The Hall–Kier alpha value is -1.24. The second-order valence-corrected chi connectivity index (χ2v) is 2.63. The van der Waals surface area contributed by atoms with Crippen LogP contribution in [0.4, 0.5) is 13.2 Å². The maximum Gasteiger partial charge on any atom is 0.411 e. The standard InChI is InChI=1S/C7H9F3N2O2/c8-7(9,10)5-14-4-3-12-2-1-11-6(12)13/h1-2H,3-5H2,(H,11,13). The minimum absolute atomic E-state index is 0.110. The highest BCUT2D eigenvalue weighted by atomic mass is 19.4. The molecule has 0 saturated carbocycles. The third-order valence-corrected chi connectivity index (χ3v) is 1.46. The molecule has 0 aliphatic heterocycles. The average Bonchev–Trinajstić information content (AvgIpc) is 2.44. The van der Waals surface area contributed by atoms with Gasteiger partial charge in [0.25, 0.3) is 0 Å². The first-order chi connectivity index (χ1) is 6.49. The maximum atomic E-state index is 11.6. The minimum atomic E-state index is -4.32. The third kappa shape index (κ3) is 3.65. The number of aromatic nitrogens is 2. The summed E-state index contributed by atoms with van der Waals surface area (Å²) in [5, 5.41) is 0. The van der Waals surface area contributed by atoms with Crippen molar-refractivity contribution < 1.29 is 17.9 Å². The Labute approximate surface area is 77.3 Å². The summed E-state index contributed by atoms with van der Waals surface area (Å²) in [6, 6.07) is 0. The average molecular weight is 210 g/mol. The van der Waals surface area contributed by atoms with Crippen LogP contribution in [-0.2, 0) is 11.3 Å². The second-order valence-electron chi connectivity index (χ2n) is 2.63. The molecule has 1 heterocycles. The van der Waals surface area contributed by atoms with Gasteiger partial charge in [-0.05, 0) is 0 Å². The zero-order chi connectivity index (χ0) is 10.6. The van der Waals surface area contributed by atoms with Crippen LogP contribution >= 0.6 is 0 Å². The summed E-state index contributed by atoms with van der Waals surface area (Å²) in [6.45, 7) is -1.32. The van der Waals surface area contributed by atoms with E-state index < -0.39 is 12.8 Å². The van der Waals surface area contributed by atoms with E-state index in [9.17, 15) is 18.0 Å². The molecule has 0 aliphatic rings. The lowest BCUT2D eigenvalue weighted by atomic mass is 10.6. The number of hydrogen-bond acceptors (Lipinski definition) is 2. The van der Waals surface area contributed by atoms with Crippen molar-refractivity contribution >= 4 is 0 Å². The molecule has 0 atom stereocenters. The third-order valence-electron chi connectivity index (χ3n) is 1.46. The van der Waals surface area contributed by atoms with Gasteiger partial charge < -0.3 is 9.72 Å². The first kappa shape index (κ1) is 10.8. The Morgan fingerprint density at radius 1 is 1.50 bits per heavy atom. The van der Waals surface area contributed by atoms with Crippen molar-refractivity contribution in [3.63, 3.8) is 0 Å². The fourth-order valence-corrected chi connectivity index (χ4v) is 0.876. The molecule has 0 spiro atoms. The van der Waals surface area contributed by atoms with E-state index in [1.807, 2.05) is 0 Å². The molecule has 0 aromatic carbocycles. The lowest BCUT2D eigenvalue weighted by Gasteiger charge is -2.07. The molecule has 0 amide bonds. The topological polar surface area (TPSA) is 47.0 Å². The summed E-state index contributed by atoms with van der Waals surface area (Å²) >= 11 is 0. The largest absolute Gasteiger partial charge is 0.411 e. The summed E-state index contributed by atoms with van der Waals surface area (Å²) in [6.07, 6.45) is -1.46. The molecule has 80 valence electrons.